The molecule has 0 bridgehead atoms. The van der Waals surface area contributed by atoms with E-state index in [1.165, 1.54) is 6.07 Å². The van der Waals surface area contributed by atoms with Crippen molar-refractivity contribution in [3.05, 3.63) is 47.7 Å². The summed E-state index contributed by atoms with van der Waals surface area (Å²) in [5.74, 6) is 1.21. The van der Waals surface area contributed by atoms with E-state index in [1.54, 1.807) is 23.1 Å². The van der Waals surface area contributed by atoms with Crippen LogP contribution in [0.2, 0.25) is 0 Å². The molecule has 1 aromatic heterocycles. The first kappa shape index (κ1) is 18.4. The Kier molecular flexibility index (Phi) is 4.74. The molecule has 4 rings (SSSR count). The number of likely N-dealkylation sites (tertiary alicyclic amines) is 1. The van der Waals surface area contributed by atoms with E-state index in [0.717, 1.165) is 12.3 Å². The van der Waals surface area contributed by atoms with Gasteiger partial charge in [0, 0.05) is 43.8 Å². The van der Waals surface area contributed by atoms with Crippen LogP contribution in [0.3, 0.4) is 0 Å². The molecule has 3 heterocycles. The Labute approximate surface area is 158 Å². The second kappa shape index (κ2) is 7.21. The molecule has 1 fully saturated rings. The Balaban J connectivity index is 1.32. The van der Waals surface area contributed by atoms with Gasteiger partial charge in [0.2, 0.25) is 12.7 Å². The lowest BCUT2D eigenvalue weighted by Crippen LogP contribution is -2.41. The third kappa shape index (κ3) is 3.83. The zero-order valence-electron chi connectivity index (χ0n) is 14.7. The molecule has 0 N–H and O–H groups in total. The van der Waals surface area contributed by atoms with Gasteiger partial charge in [-0.1, -0.05) is 0 Å². The Morgan fingerprint density at radius 1 is 1.11 bits per heavy atom. The number of amides is 1. The minimum atomic E-state index is -4.42. The normalized spacial score (nSPS) is 16.9. The minimum Gasteiger partial charge on any atom is -0.474 e. The summed E-state index contributed by atoms with van der Waals surface area (Å²) in [6, 6.07) is 7.24. The van der Waals surface area contributed by atoms with Crippen LogP contribution in [0, 0.1) is 0 Å². The highest BCUT2D eigenvalue weighted by atomic mass is 19.4. The Morgan fingerprint density at radius 3 is 2.54 bits per heavy atom. The number of pyridine rings is 1. The van der Waals surface area contributed by atoms with Crippen molar-refractivity contribution in [1.29, 1.82) is 0 Å². The highest BCUT2D eigenvalue weighted by molar-refractivity contribution is 5.95. The predicted octanol–water partition coefficient (Wildman–Crippen LogP) is 3.51. The van der Waals surface area contributed by atoms with Crippen LogP contribution >= 0.6 is 0 Å². The van der Waals surface area contributed by atoms with Gasteiger partial charge >= 0.3 is 6.18 Å². The summed E-state index contributed by atoms with van der Waals surface area (Å²) >= 11 is 0. The van der Waals surface area contributed by atoms with Gasteiger partial charge in [-0.3, -0.25) is 4.79 Å². The van der Waals surface area contributed by atoms with Gasteiger partial charge in [-0.05, 0) is 24.3 Å². The molecule has 0 radical (unpaired) electrons. The van der Waals surface area contributed by atoms with E-state index in [4.69, 9.17) is 14.2 Å². The van der Waals surface area contributed by atoms with E-state index >= 15 is 0 Å². The third-order valence-electron chi connectivity index (χ3n) is 4.70. The van der Waals surface area contributed by atoms with Gasteiger partial charge in [-0.15, -0.1) is 0 Å². The zero-order valence-corrected chi connectivity index (χ0v) is 14.7. The largest absolute Gasteiger partial charge is 0.474 e. The minimum absolute atomic E-state index is 0.107. The smallest absolute Gasteiger partial charge is 0.417 e. The number of halogens is 3. The lowest BCUT2D eigenvalue weighted by molar-refractivity contribution is -0.137. The first-order chi connectivity index (χ1) is 13.4. The van der Waals surface area contributed by atoms with E-state index in [0.29, 0.717) is 43.0 Å². The van der Waals surface area contributed by atoms with E-state index in [-0.39, 0.29) is 24.7 Å². The quantitative estimate of drug-likeness (QED) is 0.797. The maximum atomic E-state index is 12.7. The van der Waals surface area contributed by atoms with Gasteiger partial charge < -0.3 is 19.1 Å². The summed E-state index contributed by atoms with van der Waals surface area (Å²) < 4.78 is 53.9. The van der Waals surface area contributed by atoms with Crippen LogP contribution in [-0.2, 0) is 6.18 Å². The molecule has 0 saturated carbocycles. The third-order valence-corrected chi connectivity index (χ3v) is 4.70. The van der Waals surface area contributed by atoms with Crippen LogP contribution in [0.15, 0.2) is 36.5 Å². The lowest BCUT2D eigenvalue weighted by atomic mass is 10.1. The van der Waals surface area contributed by atoms with Crippen molar-refractivity contribution in [2.45, 2.75) is 25.1 Å². The number of hydrogen-bond donors (Lipinski definition) is 0. The van der Waals surface area contributed by atoms with E-state index in [2.05, 4.69) is 4.98 Å². The number of piperidine rings is 1. The fraction of sp³-hybridized carbons (Fsp3) is 0.368. The van der Waals surface area contributed by atoms with Crippen molar-refractivity contribution < 1.29 is 32.2 Å². The Hall–Kier alpha value is -2.97. The summed E-state index contributed by atoms with van der Waals surface area (Å²) in [6.07, 6.45) is -2.73. The molecule has 0 unspecified atom stereocenters. The number of ether oxygens (including phenoxy) is 3. The van der Waals surface area contributed by atoms with Gasteiger partial charge in [0.25, 0.3) is 5.91 Å². The molecule has 0 spiro atoms. The molecule has 6 nitrogen and oxygen atoms in total. The second-order valence-corrected chi connectivity index (χ2v) is 6.56. The molecule has 9 heteroatoms. The Morgan fingerprint density at radius 2 is 1.86 bits per heavy atom. The van der Waals surface area contributed by atoms with Gasteiger partial charge in [-0.25, -0.2) is 4.98 Å². The average molecular weight is 394 g/mol. The van der Waals surface area contributed by atoms with E-state index in [9.17, 15) is 18.0 Å². The van der Waals surface area contributed by atoms with E-state index < -0.39 is 11.7 Å². The van der Waals surface area contributed by atoms with Crippen molar-refractivity contribution >= 4 is 5.91 Å². The fourth-order valence-corrected chi connectivity index (χ4v) is 3.18. The monoisotopic (exact) mass is 394 g/mol. The molecular weight excluding hydrogens is 377 g/mol. The maximum absolute atomic E-state index is 12.7. The van der Waals surface area contributed by atoms with Crippen molar-refractivity contribution in [3.8, 4) is 17.4 Å². The maximum Gasteiger partial charge on any atom is 0.417 e. The summed E-state index contributed by atoms with van der Waals surface area (Å²) in [4.78, 5) is 18.1. The van der Waals surface area contributed by atoms with Crippen LogP contribution in [0.4, 0.5) is 13.2 Å². The molecule has 28 heavy (non-hydrogen) atoms. The summed E-state index contributed by atoms with van der Waals surface area (Å²) in [6.45, 7) is 1.12. The number of aromatic nitrogens is 1. The van der Waals surface area contributed by atoms with Crippen LogP contribution in [0.1, 0.15) is 28.8 Å². The SMILES string of the molecule is O=C(c1ccc2c(c1)OCO2)N1CCC(Oc2ccc(C(F)(F)F)cn2)CC1. The molecule has 2 aromatic rings. The number of hydrogen-bond acceptors (Lipinski definition) is 5. The standard InChI is InChI=1S/C19H17F3N2O4/c20-19(21,22)13-2-4-17(23-10-13)28-14-5-7-24(8-6-14)18(25)12-1-3-15-16(9-12)27-11-26-15/h1-4,9-10,14H,5-8,11H2. The molecule has 148 valence electrons. The average Bonchev–Trinajstić information content (AvgIpc) is 3.15. The summed E-state index contributed by atoms with van der Waals surface area (Å²) in [5, 5.41) is 0. The van der Waals surface area contributed by atoms with Gasteiger partial charge in [0.1, 0.15) is 6.10 Å². The Bertz CT molecular complexity index is 862. The predicted molar refractivity (Wildman–Crippen MR) is 91.4 cm³/mol. The number of alkyl halides is 3. The number of nitrogens with zero attached hydrogens (tertiary/aromatic N) is 2. The van der Waals surface area contributed by atoms with Gasteiger partial charge in [0.15, 0.2) is 11.5 Å². The first-order valence-corrected chi connectivity index (χ1v) is 8.79. The fourth-order valence-electron chi connectivity index (χ4n) is 3.18. The highest BCUT2D eigenvalue weighted by Gasteiger charge is 2.31. The molecule has 0 aliphatic carbocycles. The van der Waals surface area contributed by atoms with Crippen molar-refractivity contribution in [2.24, 2.45) is 0 Å². The van der Waals surface area contributed by atoms with Gasteiger partial charge in [0.05, 0.1) is 5.56 Å². The van der Waals surface area contributed by atoms with Crippen LogP contribution in [-0.4, -0.2) is 41.8 Å². The topological polar surface area (TPSA) is 60.9 Å². The second-order valence-electron chi connectivity index (χ2n) is 6.56. The van der Waals surface area contributed by atoms with Crippen molar-refractivity contribution in [2.75, 3.05) is 19.9 Å². The van der Waals surface area contributed by atoms with Gasteiger partial charge in [-0.2, -0.15) is 13.2 Å². The summed E-state index contributed by atoms with van der Waals surface area (Å²) in [7, 11) is 0. The van der Waals surface area contributed by atoms with Crippen molar-refractivity contribution in [3.63, 3.8) is 0 Å². The van der Waals surface area contributed by atoms with Crippen LogP contribution in [0.5, 0.6) is 17.4 Å². The van der Waals surface area contributed by atoms with Crippen molar-refractivity contribution in [1.82, 2.24) is 9.88 Å². The number of carbonyl (C=O) groups is 1. The van der Waals surface area contributed by atoms with Crippen LogP contribution in [0.25, 0.3) is 0 Å². The number of benzene rings is 1. The molecule has 1 amide bonds. The molecule has 0 atom stereocenters. The number of carbonyl (C=O) groups excluding carboxylic acids is 1. The zero-order chi connectivity index (χ0) is 19.7. The lowest BCUT2D eigenvalue weighted by Gasteiger charge is -2.32. The molecule has 2 aliphatic heterocycles. The molecular formula is C19H17F3N2O4. The molecule has 1 aromatic carbocycles. The highest BCUT2D eigenvalue weighted by Crippen LogP contribution is 2.33. The molecule has 2 aliphatic rings. The summed E-state index contributed by atoms with van der Waals surface area (Å²) in [5.41, 5.74) is -0.294. The first-order valence-electron chi connectivity index (χ1n) is 8.79. The van der Waals surface area contributed by atoms with Crippen LogP contribution < -0.4 is 14.2 Å². The number of rotatable bonds is 3. The molecule has 1 saturated heterocycles. The number of fused-ring (bicyclic) bond motifs is 1. The van der Waals surface area contributed by atoms with E-state index in [1.807, 2.05) is 0 Å².